The summed E-state index contributed by atoms with van der Waals surface area (Å²) < 4.78 is 5.34. The van der Waals surface area contributed by atoms with Crippen LogP contribution in [0.1, 0.15) is 22.3 Å². The highest BCUT2D eigenvalue weighted by atomic mass is 79.9. The van der Waals surface area contributed by atoms with Gasteiger partial charge in [0.2, 0.25) is 0 Å². The van der Waals surface area contributed by atoms with Crippen LogP contribution < -0.4 is 4.74 Å². The van der Waals surface area contributed by atoms with Gasteiger partial charge < -0.3 is 9.84 Å². The summed E-state index contributed by atoms with van der Waals surface area (Å²) in [6.07, 6.45) is 5.03. The van der Waals surface area contributed by atoms with Crippen LogP contribution in [0.4, 0.5) is 0 Å². The molecular formula is C16H14BrNO5. The molecule has 6 nitrogen and oxygen atoms in total. The molecule has 1 aliphatic rings. The Kier molecular flexibility index (Phi) is 5.33. The Morgan fingerprint density at radius 1 is 1.39 bits per heavy atom. The van der Waals surface area contributed by atoms with Gasteiger partial charge in [-0.3, -0.25) is 14.5 Å². The van der Waals surface area contributed by atoms with E-state index in [1.54, 1.807) is 12.1 Å². The number of amides is 2. The Morgan fingerprint density at radius 3 is 2.78 bits per heavy atom. The van der Waals surface area contributed by atoms with E-state index in [-0.39, 0.29) is 17.2 Å². The van der Waals surface area contributed by atoms with Crippen LogP contribution in [-0.4, -0.2) is 41.4 Å². The van der Waals surface area contributed by atoms with Crippen molar-refractivity contribution in [3.63, 3.8) is 0 Å². The number of hydrogen-bond donors (Lipinski definition) is 1. The zero-order valence-electron chi connectivity index (χ0n) is 12.3. The first-order valence-electron chi connectivity index (χ1n) is 6.75. The highest BCUT2D eigenvalue weighted by Gasteiger charge is 2.24. The average Bonchev–Trinajstić information content (AvgIpc) is 2.54. The molecule has 0 saturated carbocycles. The van der Waals surface area contributed by atoms with Crippen molar-refractivity contribution in [3.8, 4) is 5.75 Å². The van der Waals surface area contributed by atoms with Crippen molar-refractivity contribution >= 4 is 39.8 Å². The van der Waals surface area contributed by atoms with Gasteiger partial charge in [0, 0.05) is 12.6 Å². The molecule has 0 unspecified atom stereocenters. The molecule has 0 aromatic heterocycles. The van der Waals surface area contributed by atoms with Gasteiger partial charge >= 0.3 is 5.97 Å². The summed E-state index contributed by atoms with van der Waals surface area (Å²) in [5, 5.41) is 9.13. The second kappa shape index (κ2) is 7.23. The van der Waals surface area contributed by atoms with E-state index in [4.69, 9.17) is 9.84 Å². The van der Waals surface area contributed by atoms with E-state index in [0.717, 1.165) is 4.90 Å². The van der Waals surface area contributed by atoms with Crippen LogP contribution in [0.25, 0.3) is 6.08 Å². The summed E-state index contributed by atoms with van der Waals surface area (Å²) in [4.78, 5) is 36.3. The molecule has 0 spiro atoms. The topological polar surface area (TPSA) is 83.9 Å². The van der Waals surface area contributed by atoms with Crippen molar-refractivity contribution in [2.24, 2.45) is 0 Å². The van der Waals surface area contributed by atoms with E-state index in [9.17, 15) is 14.4 Å². The molecule has 0 fully saturated rings. The maximum Gasteiger partial charge on any atom is 0.339 e. The zero-order valence-corrected chi connectivity index (χ0v) is 13.9. The Labute approximate surface area is 141 Å². The van der Waals surface area contributed by atoms with E-state index >= 15 is 0 Å². The number of halogens is 1. The van der Waals surface area contributed by atoms with Crippen molar-refractivity contribution in [1.82, 2.24) is 4.90 Å². The number of aromatic carboxylic acids is 1. The highest BCUT2D eigenvalue weighted by Crippen LogP contribution is 2.21. The Morgan fingerprint density at radius 2 is 2.13 bits per heavy atom. The average molecular weight is 380 g/mol. The van der Waals surface area contributed by atoms with Crippen LogP contribution in [0.3, 0.4) is 0 Å². The number of ether oxygens (including phenoxy) is 1. The monoisotopic (exact) mass is 379 g/mol. The smallest absolute Gasteiger partial charge is 0.339 e. The minimum atomic E-state index is -1.12. The number of carbonyl (C=O) groups excluding carboxylic acids is 2. The van der Waals surface area contributed by atoms with Crippen molar-refractivity contribution in [3.05, 3.63) is 46.0 Å². The van der Waals surface area contributed by atoms with Gasteiger partial charge in [0.15, 0.2) is 0 Å². The van der Waals surface area contributed by atoms with E-state index in [0.29, 0.717) is 23.0 Å². The lowest BCUT2D eigenvalue weighted by Gasteiger charge is -2.21. The minimum absolute atomic E-state index is 0.00169. The molecule has 120 valence electrons. The van der Waals surface area contributed by atoms with E-state index in [1.807, 2.05) is 0 Å². The zero-order chi connectivity index (χ0) is 17.0. The quantitative estimate of drug-likeness (QED) is 0.812. The maximum atomic E-state index is 12.1. The molecule has 2 rings (SSSR count). The molecule has 0 saturated heterocycles. The fourth-order valence-electron chi connectivity index (χ4n) is 2.10. The molecule has 0 atom stereocenters. The molecule has 0 bridgehead atoms. The predicted molar refractivity (Wildman–Crippen MR) is 87.3 cm³/mol. The third-order valence-electron chi connectivity index (χ3n) is 3.26. The number of nitrogens with zero attached hydrogens (tertiary/aromatic N) is 1. The van der Waals surface area contributed by atoms with Crippen molar-refractivity contribution in [2.45, 2.75) is 6.42 Å². The first-order chi connectivity index (χ1) is 10.9. The Hall–Kier alpha value is -2.41. The van der Waals surface area contributed by atoms with Gasteiger partial charge in [0.05, 0.1) is 11.6 Å². The number of hydrogen-bond acceptors (Lipinski definition) is 4. The van der Waals surface area contributed by atoms with Gasteiger partial charge in [0.1, 0.15) is 11.3 Å². The number of carbonyl (C=O) groups is 3. The Bertz CT molecular complexity index is 723. The molecule has 1 N–H and O–H groups in total. The lowest BCUT2D eigenvalue weighted by molar-refractivity contribution is -0.139. The van der Waals surface area contributed by atoms with Gasteiger partial charge in [-0.15, -0.1) is 0 Å². The van der Waals surface area contributed by atoms with E-state index in [1.165, 1.54) is 31.4 Å². The number of carboxylic acid groups (broad SMARTS) is 1. The van der Waals surface area contributed by atoms with E-state index < -0.39 is 11.9 Å². The van der Waals surface area contributed by atoms with Crippen LogP contribution in [0.5, 0.6) is 5.75 Å². The lowest BCUT2D eigenvalue weighted by Crippen LogP contribution is -2.38. The fraction of sp³-hybridized carbons (Fsp3) is 0.188. The van der Waals surface area contributed by atoms with Crippen molar-refractivity contribution in [2.75, 3.05) is 13.7 Å². The second-order valence-corrected chi connectivity index (χ2v) is 5.59. The minimum Gasteiger partial charge on any atom is -0.496 e. The molecule has 1 heterocycles. The number of imide groups is 1. The lowest BCUT2D eigenvalue weighted by atomic mass is 10.1. The molecule has 23 heavy (non-hydrogen) atoms. The third kappa shape index (κ3) is 3.87. The van der Waals surface area contributed by atoms with Crippen LogP contribution in [0.15, 0.2) is 34.8 Å². The number of benzene rings is 1. The van der Waals surface area contributed by atoms with Crippen molar-refractivity contribution in [1.29, 1.82) is 0 Å². The van der Waals surface area contributed by atoms with Gasteiger partial charge in [-0.25, -0.2) is 4.79 Å². The van der Waals surface area contributed by atoms with Gasteiger partial charge in [-0.1, -0.05) is 12.1 Å². The standard InChI is InChI=1S/C16H14BrNO5/c1-23-13-6-4-10(9-11(13)16(21)22)5-7-14(19)18-8-2-3-12(17)15(18)20/h3-7,9H,2,8H2,1H3,(H,21,22)/b7-5+. The van der Waals surface area contributed by atoms with Gasteiger partial charge in [-0.05, 0) is 46.1 Å². The largest absolute Gasteiger partial charge is 0.496 e. The SMILES string of the molecule is COc1ccc(/C=C/C(=O)N2CCC=C(Br)C2=O)cc1C(=O)O. The third-order valence-corrected chi connectivity index (χ3v) is 3.93. The maximum absolute atomic E-state index is 12.1. The number of carboxylic acids is 1. The fourth-order valence-corrected chi connectivity index (χ4v) is 2.55. The predicted octanol–water partition coefficient (Wildman–Crippen LogP) is 2.44. The summed E-state index contributed by atoms with van der Waals surface area (Å²) in [6.45, 7) is 0.320. The number of methoxy groups -OCH3 is 1. The molecule has 0 radical (unpaired) electrons. The van der Waals surface area contributed by atoms with Crippen molar-refractivity contribution < 1.29 is 24.2 Å². The molecular weight excluding hydrogens is 366 g/mol. The van der Waals surface area contributed by atoms with Crippen LogP contribution in [0, 0.1) is 0 Å². The first-order valence-corrected chi connectivity index (χ1v) is 7.54. The molecule has 1 aliphatic heterocycles. The summed E-state index contributed by atoms with van der Waals surface area (Å²) in [5.74, 6) is -1.72. The van der Waals surface area contributed by atoms with Crippen LogP contribution in [0.2, 0.25) is 0 Å². The first kappa shape index (κ1) is 17.0. The summed E-state index contributed by atoms with van der Waals surface area (Å²) in [7, 11) is 1.38. The van der Waals surface area contributed by atoms with Crippen LogP contribution >= 0.6 is 15.9 Å². The van der Waals surface area contributed by atoms with Gasteiger partial charge in [0.25, 0.3) is 11.8 Å². The highest BCUT2D eigenvalue weighted by molar-refractivity contribution is 9.12. The molecule has 7 heteroatoms. The second-order valence-electron chi connectivity index (χ2n) is 4.73. The van der Waals surface area contributed by atoms with Gasteiger partial charge in [-0.2, -0.15) is 0 Å². The number of rotatable bonds is 4. The summed E-state index contributed by atoms with van der Waals surface area (Å²) in [6, 6.07) is 4.54. The molecule has 1 aromatic rings. The normalized spacial score (nSPS) is 14.8. The summed E-state index contributed by atoms with van der Waals surface area (Å²) in [5.41, 5.74) is 0.525. The molecule has 0 aliphatic carbocycles. The molecule has 2 amide bonds. The van der Waals surface area contributed by atoms with E-state index in [2.05, 4.69) is 15.9 Å². The van der Waals surface area contributed by atoms with Crippen LogP contribution in [-0.2, 0) is 9.59 Å². The Balaban J connectivity index is 2.18. The summed E-state index contributed by atoms with van der Waals surface area (Å²) >= 11 is 3.11. The molecule has 1 aromatic carbocycles.